The normalized spacial score (nSPS) is 11.6. The van der Waals surface area contributed by atoms with Crippen molar-refractivity contribution >= 4 is 29.2 Å². The zero-order valence-electron chi connectivity index (χ0n) is 14.5. The second kappa shape index (κ2) is 8.59. The lowest BCUT2D eigenvalue weighted by Crippen LogP contribution is -2.37. The van der Waals surface area contributed by atoms with Crippen molar-refractivity contribution in [2.45, 2.75) is 19.6 Å². The molecule has 1 amide bonds. The first-order valence-corrected chi connectivity index (χ1v) is 8.21. The zero-order valence-corrected chi connectivity index (χ0v) is 15.3. The highest BCUT2D eigenvalue weighted by Crippen LogP contribution is 2.23. The Morgan fingerprint density at radius 1 is 1.30 bits per heavy atom. The van der Waals surface area contributed by atoms with Crippen LogP contribution >= 0.6 is 11.6 Å². The summed E-state index contributed by atoms with van der Waals surface area (Å²) in [4.78, 5) is 35.9. The van der Waals surface area contributed by atoms with Gasteiger partial charge in [0.05, 0.1) is 15.5 Å². The number of nitro benzene ring substituents is 1. The Morgan fingerprint density at radius 3 is 2.59 bits per heavy atom. The van der Waals surface area contributed by atoms with Crippen LogP contribution in [-0.2, 0) is 16.1 Å². The van der Waals surface area contributed by atoms with E-state index in [-0.39, 0.29) is 22.8 Å². The van der Waals surface area contributed by atoms with Crippen LogP contribution in [0.5, 0.6) is 0 Å². The van der Waals surface area contributed by atoms with E-state index in [1.807, 2.05) is 0 Å². The van der Waals surface area contributed by atoms with E-state index < -0.39 is 28.7 Å². The van der Waals surface area contributed by atoms with Crippen LogP contribution in [0.1, 0.15) is 22.8 Å². The molecule has 0 aliphatic heterocycles. The topological polar surface area (TPSA) is 89.7 Å². The molecule has 2 rings (SSSR count). The molecule has 0 fully saturated rings. The molecule has 0 spiro atoms. The van der Waals surface area contributed by atoms with Crippen molar-refractivity contribution in [1.29, 1.82) is 0 Å². The summed E-state index contributed by atoms with van der Waals surface area (Å²) in [6.45, 7) is 1.53. The van der Waals surface area contributed by atoms with E-state index in [0.717, 1.165) is 18.2 Å². The first-order valence-electron chi connectivity index (χ1n) is 7.83. The highest BCUT2D eigenvalue weighted by Gasteiger charge is 2.24. The van der Waals surface area contributed by atoms with Crippen LogP contribution < -0.4 is 0 Å². The number of carbonyl (C=O) groups is 2. The molecule has 27 heavy (non-hydrogen) atoms. The van der Waals surface area contributed by atoms with Gasteiger partial charge < -0.3 is 9.64 Å². The number of benzene rings is 2. The van der Waals surface area contributed by atoms with Gasteiger partial charge in [0.15, 0.2) is 6.10 Å². The van der Waals surface area contributed by atoms with E-state index in [9.17, 15) is 24.1 Å². The standard InChI is InChI=1S/C18H16ClFN2O5/c1-11(17(23)21(2)10-12-4-3-5-13(20)8-12)27-18(24)15-7-6-14(22(25)26)9-16(15)19/h3-9,11H,10H2,1-2H3/t11-/m0/s1. The first-order chi connectivity index (χ1) is 12.7. The SMILES string of the molecule is C[C@H](OC(=O)c1ccc([N+](=O)[O-])cc1Cl)C(=O)N(C)Cc1cccc(F)c1. The van der Waals surface area contributed by atoms with Crippen LogP contribution in [0.3, 0.4) is 0 Å². The fraction of sp³-hybridized carbons (Fsp3) is 0.222. The Bertz CT molecular complexity index is 890. The Kier molecular flexibility index (Phi) is 6.46. The van der Waals surface area contributed by atoms with E-state index in [4.69, 9.17) is 16.3 Å². The molecular weight excluding hydrogens is 379 g/mol. The van der Waals surface area contributed by atoms with Crippen LogP contribution in [0.4, 0.5) is 10.1 Å². The van der Waals surface area contributed by atoms with E-state index in [1.165, 1.54) is 37.1 Å². The number of likely N-dealkylation sites (N-methyl/N-ethyl adjacent to an activating group) is 1. The Hall–Kier alpha value is -3.00. The van der Waals surface area contributed by atoms with Gasteiger partial charge >= 0.3 is 5.97 Å². The number of amides is 1. The van der Waals surface area contributed by atoms with Gasteiger partial charge in [0.1, 0.15) is 5.82 Å². The predicted molar refractivity (Wildman–Crippen MR) is 95.9 cm³/mol. The molecule has 2 aromatic rings. The fourth-order valence-corrected chi connectivity index (χ4v) is 2.61. The van der Waals surface area contributed by atoms with Crippen molar-refractivity contribution in [3.05, 3.63) is 74.5 Å². The van der Waals surface area contributed by atoms with Crippen LogP contribution in [0.15, 0.2) is 42.5 Å². The number of nitro groups is 1. The van der Waals surface area contributed by atoms with Gasteiger partial charge in [-0.25, -0.2) is 9.18 Å². The van der Waals surface area contributed by atoms with Gasteiger partial charge in [0.2, 0.25) is 0 Å². The third-order valence-electron chi connectivity index (χ3n) is 3.70. The molecule has 0 radical (unpaired) electrons. The number of hydrogen-bond donors (Lipinski definition) is 0. The van der Waals surface area contributed by atoms with E-state index in [0.29, 0.717) is 5.56 Å². The monoisotopic (exact) mass is 394 g/mol. The molecule has 1 atom stereocenters. The van der Waals surface area contributed by atoms with Gasteiger partial charge in [-0.1, -0.05) is 23.7 Å². The van der Waals surface area contributed by atoms with Gasteiger partial charge in [-0.05, 0) is 30.7 Å². The van der Waals surface area contributed by atoms with E-state index in [2.05, 4.69) is 0 Å². The summed E-state index contributed by atoms with van der Waals surface area (Å²) < 4.78 is 18.3. The molecule has 0 aromatic heterocycles. The summed E-state index contributed by atoms with van der Waals surface area (Å²) in [5.41, 5.74) is 0.230. The maximum Gasteiger partial charge on any atom is 0.340 e. The number of esters is 1. The van der Waals surface area contributed by atoms with Gasteiger partial charge in [-0.2, -0.15) is 0 Å². The minimum Gasteiger partial charge on any atom is -0.449 e. The van der Waals surface area contributed by atoms with Crippen molar-refractivity contribution in [2.75, 3.05) is 7.05 Å². The van der Waals surface area contributed by atoms with Crippen molar-refractivity contribution < 1.29 is 23.6 Å². The summed E-state index contributed by atoms with van der Waals surface area (Å²) >= 11 is 5.88. The van der Waals surface area contributed by atoms with Gasteiger partial charge in [-0.3, -0.25) is 14.9 Å². The van der Waals surface area contributed by atoms with Crippen molar-refractivity contribution in [3.63, 3.8) is 0 Å². The second-order valence-corrected chi connectivity index (χ2v) is 6.20. The maximum absolute atomic E-state index is 13.2. The number of halogens is 2. The molecule has 0 aliphatic carbocycles. The molecule has 2 aromatic carbocycles. The minimum atomic E-state index is -1.12. The zero-order chi connectivity index (χ0) is 20.1. The predicted octanol–water partition coefficient (Wildman–Crippen LogP) is 3.59. The third-order valence-corrected chi connectivity index (χ3v) is 4.01. The highest BCUT2D eigenvalue weighted by atomic mass is 35.5. The molecule has 142 valence electrons. The van der Waals surface area contributed by atoms with E-state index in [1.54, 1.807) is 6.07 Å². The van der Waals surface area contributed by atoms with Crippen LogP contribution in [-0.4, -0.2) is 34.9 Å². The molecule has 0 N–H and O–H groups in total. The second-order valence-electron chi connectivity index (χ2n) is 5.79. The van der Waals surface area contributed by atoms with Crippen LogP contribution in [0.25, 0.3) is 0 Å². The quantitative estimate of drug-likeness (QED) is 0.424. The third kappa shape index (κ3) is 5.24. The summed E-state index contributed by atoms with van der Waals surface area (Å²) in [6.07, 6.45) is -1.12. The molecule has 0 saturated heterocycles. The van der Waals surface area contributed by atoms with E-state index >= 15 is 0 Å². The lowest BCUT2D eigenvalue weighted by atomic mass is 10.2. The Balaban J connectivity index is 2.02. The smallest absolute Gasteiger partial charge is 0.340 e. The summed E-state index contributed by atoms with van der Waals surface area (Å²) in [6, 6.07) is 9.10. The van der Waals surface area contributed by atoms with Crippen LogP contribution in [0, 0.1) is 15.9 Å². The number of ether oxygens (including phenoxy) is 1. The average Bonchev–Trinajstić information content (AvgIpc) is 2.60. The summed E-state index contributed by atoms with van der Waals surface area (Å²) in [7, 11) is 1.50. The molecule has 0 saturated carbocycles. The van der Waals surface area contributed by atoms with Crippen molar-refractivity contribution in [2.24, 2.45) is 0 Å². The number of non-ortho nitro benzene ring substituents is 1. The number of rotatable bonds is 6. The van der Waals surface area contributed by atoms with Crippen molar-refractivity contribution in [3.8, 4) is 0 Å². The van der Waals surface area contributed by atoms with Gasteiger partial charge in [0.25, 0.3) is 11.6 Å². The average molecular weight is 395 g/mol. The number of nitrogens with zero attached hydrogens (tertiary/aromatic N) is 2. The minimum absolute atomic E-state index is 0.0882. The molecule has 0 unspecified atom stereocenters. The van der Waals surface area contributed by atoms with Gasteiger partial charge in [-0.15, -0.1) is 0 Å². The molecule has 9 heteroatoms. The molecular formula is C18H16ClFN2O5. The Morgan fingerprint density at radius 2 is 2.00 bits per heavy atom. The fourth-order valence-electron chi connectivity index (χ4n) is 2.36. The summed E-state index contributed by atoms with van der Waals surface area (Å²) in [5.74, 6) is -1.79. The number of carbonyl (C=O) groups excluding carboxylic acids is 2. The number of hydrogen-bond acceptors (Lipinski definition) is 5. The summed E-state index contributed by atoms with van der Waals surface area (Å²) in [5, 5.41) is 10.6. The molecule has 0 bridgehead atoms. The van der Waals surface area contributed by atoms with Gasteiger partial charge in [0, 0.05) is 25.7 Å². The molecule has 0 aliphatic rings. The van der Waals surface area contributed by atoms with Crippen LogP contribution in [0.2, 0.25) is 5.02 Å². The largest absolute Gasteiger partial charge is 0.449 e. The first kappa shape index (κ1) is 20.3. The lowest BCUT2D eigenvalue weighted by Gasteiger charge is -2.21. The maximum atomic E-state index is 13.2. The van der Waals surface area contributed by atoms with Crippen molar-refractivity contribution in [1.82, 2.24) is 4.90 Å². The Labute approximate surface area is 159 Å². The molecule has 0 heterocycles. The highest BCUT2D eigenvalue weighted by molar-refractivity contribution is 6.33. The lowest BCUT2D eigenvalue weighted by molar-refractivity contribution is -0.384. The molecule has 7 nitrogen and oxygen atoms in total.